The van der Waals surface area contributed by atoms with Crippen molar-refractivity contribution >= 4 is 11.7 Å². The van der Waals surface area contributed by atoms with Crippen molar-refractivity contribution in [3.05, 3.63) is 29.8 Å². The van der Waals surface area contributed by atoms with Gasteiger partial charge in [0.15, 0.2) is 0 Å². The van der Waals surface area contributed by atoms with E-state index in [-0.39, 0.29) is 18.0 Å². The van der Waals surface area contributed by atoms with Gasteiger partial charge < -0.3 is 15.6 Å². The van der Waals surface area contributed by atoms with Crippen LogP contribution in [0.2, 0.25) is 0 Å². The van der Waals surface area contributed by atoms with E-state index in [2.05, 4.69) is 10.5 Å². The van der Waals surface area contributed by atoms with Gasteiger partial charge in [-0.2, -0.15) is 5.10 Å². The minimum absolute atomic E-state index is 0.0228. The average Bonchev–Trinajstić information content (AvgIpc) is 2.20. The van der Waals surface area contributed by atoms with E-state index in [4.69, 9.17) is 5.11 Å². The molecule has 0 fully saturated rings. The highest BCUT2D eigenvalue weighted by atomic mass is 16.4. The maximum Gasteiger partial charge on any atom is 0.351 e. The molecule has 0 saturated heterocycles. The molecule has 3 N–H and O–H groups in total. The molecule has 0 radical (unpaired) electrons. The van der Waals surface area contributed by atoms with Gasteiger partial charge in [-0.25, -0.2) is 4.79 Å². The van der Waals surface area contributed by atoms with E-state index >= 15 is 0 Å². The molecule has 1 aromatic rings. The van der Waals surface area contributed by atoms with Gasteiger partial charge in [0.2, 0.25) is 0 Å². The molecule has 15 heavy (non-hydrogen) atoms. The number of aromatic hydroxyl groups is 1. The molecule has 0 atom stereocenters. The van der Waals surface area contributed by atoms with Gasteiger partial charge >= 0.3 is 5.97 Å². The summed E-state index contributed by atoms with van der Waals surface area (Å²) in [5.41, 5.74) is 3.21. The number of nitrogens with one attached hydrogen (secondary N) is 1. The number of hydrogen-bond acceptors (Lipinski definition) is 4. The van der Waals surface area contributed by atoms with Crippen LogP contribution < -0.4 is 5.43 Å². The van der Waals surface area contributed by atoms with Gasteiger partial charge in [-0.1, -0.05) is 18.2 Å². The number of carboxylic acids is 1. The SMILES string of the molecule is CC(=NNCc1ccccc1O)C(=O)O. The van der Waals surface area contributed by atoms with Gasteiger partial charge in [-0.15, -0.1) is 0 Å². The summed E-state index contributed by atoms with van der Waals surface area (Å²) in [6.07, 6.45) is 0. The number of para-hydroxylation sites is 1. The van der Waals surface area contributed by atoms with Gasteiger partial charge in [-0.3, -0.25) is 0 Å². The number of phenols is 1. The first-order valence-electron chi connectivity index (χ1n) is 4.38. The predicted octanol–water partition coefficient (Wildman–Crippen LogP) is 0.942. The Labute approximate surface area is 87.1 Å². The molecule has 0 bridgehead atoms. The molecule has 0 amide bonds. The van der Waals surface area contributed by atoms with Crippen LogP contribution in [0.3, 0.4) is 0 Å². The Hall–Kier alpha value is -2.04. The number of aliphatic carboxylic acids is 1. The van der Waals surface area contributed by atoms with Crippen LogP contribution in [0.25, 0.3) is 0 Å². The van der Waals surface area contributed by atoms with Crippen molar-refractivity contribution in [1.82, 2.24) is 5.43 Å². The molecular weight excluding hydrogens is 196 g/mol. The van der Waals surface area contributed by atoms with E-state index < -0.39 is 5.97 Å². The summed E-state index contributed by atoms with van der Waals surface area (Å²) in [4.78, 5) is 10.4. The summed E-state index contributed by atoms with van der Waals surface area (Å²) in [5.74, 6) is -0.909. The third-order valence-corrected chi connectivity index (χ3v) is 1.82. The molecule has 5 nitrogen and oxygen atoms in total. The maximum atomic E-state index is 10.4. The van der Waals surface area contributed by atoms with Gasteiger partial charge in [0.25, 0.3) is 0 Å². The summed E-state index contributed by atoms with van der Waals surface area (Å²) in [5, 5.41) is 21.5. The van der Waals surface area contributed by atoms with E-state index in [0.717, 1.165) is 0 Å². The summed E-state index contributed by atoms with van der Waals surface area (Å²) in [6.45, 7) is 1.68. The molecule has 0 aromatic heterocycles. The molecule has 0 heterocycles. The normalized spacial score (nSPS) is 11.1. The second-order valence-electron chi connectivity index (χ2n) is 2.97. The lowest BCUT2D eigenvalue weighted by atomic mass is 10.2. The van der Waals surface area contributed by atoms with Crippen LogP contribution in [0.15, 0.2) is 29.4 Å². The van der Waals surface area contributed by atoms with Crippen molar-refractivity contribution in [3.8, 4) is 5.75 Å². The van der Waals surface area contributed by atoms with Crippen molar-refractivity contribution in [2.45, 2.75) is 13.5 Å². The first-order valence-corrected chi connectivity index (χ1v) is 4.38. The molecule has 0 aliphatic heterocycles. The minimum atomic E-state index is -1.07. The van der Waals surface area contributed by atoms with E-state index in [0.29, 0.717) is 5.56 Å². The van der Waals surface area contributed by atoms with Crippen molar-refractivity contribution in [2.24, 2.45) is 5.10 Å². The highest BCUT2D eigenvalue weighted by Crippen LogP contribution is 2.14. The van der Waals surface area contributed by atoms with Crippen LogP contribution in [0.4, 0.5) is 0 Å². The van der Waals surface area contributed by atoms with Gasteiger partial charge in [0.1, 0.15) is 11.5 Å². The lowest BCUT2D eigenvalue weighted by Gasteiger charge is -2.03. The maximum absolute atomic E-state index is 10.4. The number of rotatable bonds is 4. The van der Waals surface area contributed by atoms with Crippen LogP contribution in [-0.4, -0.2) is 21.9 Å². The average molecular weight is 208 g/mol. The smallest absolute Gasteiger partial charge is 0.351 e. The number of hydrazone groups is 1. The van der Waals surface area contributed by atoms with Crippen molar-refractivity contribution in [1.29, 1.82) is 0 Å². The third-order valence-electron chi connectivity index (χ3n) is 1.82. The molecule has 0 saturated carbocycles. The van der Waals surface area contributed by atoms with Crippen LogP contribution in [0.5, 0.6) is 5.75 Å². The molecule has 0 unspecified atom stereocenters. The fraction of sp³-hybridized carbons (Fsp3) is 0.200. The van der Waals surface area contributed by atoms with Crippen LogP contribution >= 0.6 is 0 Å². The predicted molar refractivity (Wildman–Crippen MR) is 55.7 cm³/mol. The topological polar surface area (TPSA) is 81.9 Å². The van der Waals surface area contributed by atoms with E-state index in [1.807, 2.05) is 0 Å². The molecular formula is C10H12N2O3. The Kier molecular flexibility index (Phi) is 3.68. The van der Waals surface area contributed by atoms with Crippen molar-refractivity contribution in [3.63, 3.8) is 0 Å². The summed E-state index contributed by atoms with van der Waals surface area (Å²) >= 11 is 0. The number of carbonyl (C=O) groups is 1. The lowest BCUT2D eigenvalue weighted by Crippen LogP contribution is -2.14. The standard InChI is InChI=1S/C10H12N2O3/c1-7(10(14)15)12-11-6-8-4-2-3-5-9(8)13/h2-5,11,13H,6H2,1H3,(H,14,15). The first kappa shape index (κ1) is 11.0. The second-order valence-corrected chi connectivity index (χ2v) is 2.97. The Morgan fingerprint density at radius 1 is 1.47 bits per heavy atom. The lowest BCUT2D eigenvalue weighted by molar-refractivity contribution is -0.129. The number of benzene rings is 1. The largest absolute Gasteiger partial charge is 0.508 e. The molecule has 5 heteroatoms. The van der Waals surface area contributed by atoms with Crippen molar-refractivity contribution in [2.75, 3.05) is 0 Å². The van der Waals surface area contributed by atoms with E-state index in [1.165, 1.54) is 6.92 Å². The van der Waals surface area contributed by atoms with Gasteiger partial charge in [-0.05, 0) is 13.0 Å². The molecule has 0 aliphatic rings. The zero-order chi connectivity index (χ0) is 11.3. The molecule has 0 spiro atoms. The molecule has 1 aromatic carbocycles. The summed E-state index contributed by atoms with van der Waals surface area (Å²) in [7, 11) is 0. The second kappa shape index (κ2) is 4.99. The number of phenolic OH excluding ortho intramolecular Hbond substituents is 1. The number of nitrogens with zero attached hydrogens (tertiary/aromatic N) is 1. The van der Waals surface area contributed by atoms with Crippen LogP contribution in [0.1, 0.15) is 12.5 Å². The number of hydrogen-bond donors (Lipinski definition) is 3. The summed E-state index contributed by atoms with van der Waals surface area (Å²) in [6, 6.07) is 6.79. The minimum Gasteiger partial charge on any atom is -0.508 e. The summed E-state index contributed by atoms with van der Waals surface area (Å²) < 4.78 is 0. The third kappa shape index (κ3) is 3.30. The Balaban J connectivity index is 2.55. The number of carboxylic acid groups (broad SMARTS) is 1. The van der Waals surface area contributed by atoms with Crippen LogP contribution in [0, 0.1) is 0 Å². The Morgan fingerprint density at radius 3 is 2.73 bits per heavy atom. The van der Waals surface area contributed by atoms with Crippen LogP contribution in [-0.2, 0) is 11.3 Å². The zero-order valence-corrected chi connectivity index (χ0v) is 8.27. The quantitative estimate of drug-likeness (QED) is 0.508. The van der Waals surface area contributed by atoms with Crippen molar-refractivity contribution < 1.29 is 15.0 Å². The van der Waals surface area contributed by atoms with E-state index in [9.17, 15) is 9.90 Å². The fourth-order valence-corrected chi connectivity index (χ4v) is 0.951. The fourth-order valence-electron chi connectivity index (χ4n) is 0.951. The Morgan fingerprint density at radius 2 is 2.13 bits per heavy atom. The van der Waals surface area contributed by atoms with Gasteiger partial charge in [0.05, 0.1) is 6.54 Å². The molecule has 0 aliphatic carbocycles. The monoisotopic (exact) mass is 208 g/mol. The zero-order valence-electron chi connectivity index (χ0n) is 8.27. The highest BCUT2D eigenvalue weighted by Gasteiger charge is 2.01. The Bertz CT molecular complexity index is 388. The highest BCUT2D eigenvalue weighted by molar-refractivity contribution is 6.34. The van der Waals surface area contributed by atoms with Gasteiger partial charge in [0, 0.05) is 5.56 Å². The first-order chi connectivity index (χ1) is 7.11. The molecule has 1 rings (SSSR count). The van der Waals surface area contributed by atoms with E-state index in [1.54, 1.807) is 24.3 Å². The molecule has 80 valence electrons.